The maximum absolute atomic E-state index is 12.5. The second kappa shape index (κ2) is 5.25. The van der Waals surface area contributed by atoms with Crippen molar-refractivity contribution in [2.75, 3.05) is 0 Å². The minimum Gasteiger partial charge on any atom is -0.295 e. The van der Waals surface area contributed by atoms with Crippen molar-refractivity contribution in [3.8, 4) is 6.07 Å². The van der Waals surface area contributed by atoms with Gasteiger partial charge >= 0.3 is 0 Å². The van der Waals surface area contributed by atoms with Crippen LogP contribution in [0.5, 0.6) is 0 Å². The highest BCUT2D eigenvalue weighted by Crippen LogP contribution is 2.13. The summed E-state index contributed by atoms with van der Waals surface area (Å²) in [6, 6.07) is 11.9. The third-order valence-corrected chi connectivity index (χ3v) is 3.53. The molecule has 5 nitrogen and oxygen atoms in total. The molecule has 1 N–H and O–H groups in total. The van der Waals surface area contributed by atoms with Crippen LogP contribution in [0, 0.1) is 11.3 Å². The summed E-state index contributed by atoms with van der Waals surface area (Å²) >= 11 is 0. The van der Waals surface area contributed by atoms with Gasteiger partial charge < -0.3 is 0 Å². The molecule has 1 aromatic carbocycles. The molecule has 0 aliphatic heterocycles. The van der Waals surface area contributed by atoms with Gasteiger partial charge in [-0.2, -0.15) is 5.26 Å². The van der Waals surface area contributed by atoms with Crippen LogP contribution in [0.3, 0.4) is 0 Å². The number of nitriles is 1. The van der Waals surface area contributed by atoms with Crippen molar-refractivity contribution in [3.63, 3.8) is 0 Å². The number of aromatic amines is 1. The third kappa shape index (κ3) is 2.21. The van der Waals surface area contributed by atoms with Crippen LogP contribution >= 0.6 is 0 Å². The Labute approximate surface area is 121 Å². The zero-order valence-electron chi connectivity index (χ0n) is 11.6. The van der Waals surface area contributed by atoms with Crippen LogP contribution in [-0.4, -0.2) is 14.6 Å². The van der Waals surface area contributed by atoms with Crippen LogP contribution < -0.4 is 5.56 Å². The Morgan fingerprint density at radius 2 is 2.10 bits per heavy atom. The molecule has 0 radical (unpaired) electrons. The number of nitrogens with zero attached hydrogens (tertiary/aromatic N) is 3. The third-order valence-electron chi connectivity index (χ3n) is 3.53. The SMILES string of the molecule is CCc1c(Cc2ccccc2)nc2c(C#N)c[nH]n2c1=O. The minimum absolute atomic E-state index is 0.130. The molecule has 104 valence electrons. The lowest BCUT2D eigenvalue weighted by Gasteiger charge is -2.07. The molecule has 0 atom stereocenters. The van der Waals surface area contributed by atoms with Gasteiger partial charge in [0.25, 0.3) is 5.56 Å². The molecule has 0 unspecified atom stereocenters. The first-order valence-corrected chi connectivity index (χ1v) is 6.80. The van der Waals surface area contributed by atoms with Gasteiger partial charge in [0.05, 0.1) is 5.69 Å². The predicted molar refractivity (Wildman–Crippen MR) is 79.2 cm³/mol. The van der Waals surface area contributed by atoms with E-state index in [1.54, 1.807) is 0 Å². The second-order valence-electron chi connectivity index (χ2n) is 4.82. The summed E-state index contributed by atoms with van der Waals surface area (Å²) in [7, 11) is 0. The summed E-state index contributed by atoms with van der Waals surface area (Å²) < 4.78 is 1.34. The molecule has 0 aliphatic rings. The van der Waals surface area contributed by atoms with Gasteiger partial charge in [-0.15, -0.1) is 0 Å². The zero-order valence-corrected chi connectivity index (χ0v) is 11.6. The Morgan fingerprint density at radius 3 is 2.76 bits per heavy atom. The summed E-state index contributed by atoms with van der Waals surface area (Å²) in [5, 5.41) is 11.9. The van der Waals surface area contributed by atoms with Crippen molar-refractivity contribution in [1.82, 2.24) is 14.6 Å². The van der Waals surface area contributed by atoms with Crippen LogP contribution in [-0.2, 0) is 12.8 Å². The fraction of sp³-hybridized carbons (Fsp3) is 0.188. The predicted octanol–water partition coefficient (Wildman–Crippen LogP) is 2.05. The average molecular weight is 278 g/mol. The number of rotatable bonds is 3. The van der Waals surface area contributed by atoms with E-state index in [2.05, 4.69) is 16.2 Å². The van der Waals surface area contributed by atoms with Gasteiger partial charge in [0, 0.05) is 18.2 Å². The summed E-state index contributed by atoms with van der Waals surface area (Å²) in [5.41, 5.74) is 3.16. The molecular weight excluding hydrogens is 264 g/mol. The molecule has 5 heteroatoms. The molecule has 0 saturated heterocycles. The number of hydrogen-bond acceptors (Lipinski definition) is 3. The first-order chi connectivity index (χ1) is 10.2. The highest BCUT2D eigenvalue weighted by molar-refractivity contribution is 5.54. The maximum atomic E-state index is 12.5. The van der Waals surface area contributed by atoms with Crippen molar-refractivity contribution in [2.45, 2.75) is 19.8 Å². The van der Waals surface area contributed by atoms with Crippen molar-refractivity contribution in [1.29, 1.82) is 5.26 Å². The van der Waals surface area contributed by atoms with Crippen LogP contribution in [0.15, 0.2) is 41.3 Å². The fourth-order valence-corrected chi connectivity index (χ4v) is 2.47. The minimum atomic E-state index is -0.130. The van der Waals surface area contributed by atoms with E-state index in [1.807, 2.05) is 37.3 Å². The smallest absolute Gasteiger partial charge is 0.276 e. The van der Waals surface area contributed by atoms with Crippen molar-refractivity contribution >= 4 is 5.65 Å². The average Bonchev–Trinajstić information content (AvgIpc) is 2.92. The number of benzene rings is 1. The monoisotopic (exact) mass is 278 g/mol. The first kappa shape index (κ1) is 13.1. The van der Waals surface area contributed by atoms with E-state index < -0.39 is 0 Å². The Hall–Kier alpha value is -2.87. The molecule has 0 amide bonds. The van der Waals surface area contributed by atoms with Gasteiger partial charge in [-0.1, -0.05) is 37.3 Å². The lowest BCUT2D eigenvalue weighted by Crippen LogP contribution is -2.22. The lowest BCUT2D eigenvalue weighted by atomic mass is 10.0. The van der Waals surface area contributed by atoms with Crippen molar-refractivity contribution < 1.29 is 0 Å². The van der Waals surface area contributed by atoms with Crippen LogP contribution in [0.4, 0.5) is 0 Å². The van der Waals surface area contributed by atoms with Crippen LogP contribution in [0.1, 0.15) is 29.3 Å². The van der Waals surface area contributed by atoms with Crippen LogP contribution in [0.25, 0.3) is 5.65 Å². The molecule has 2 heterocycles. The molecule has 0 bridgehead atoms. The van der Waals surface area contributed by atoms with Gasteiger partial charge in [-0.25, -0.2) is 9.50 Å². The van der Waals surface area contributed by atoms with E-state index in [0.29, 0.717) is 29.6 Å². The first-order valence-electron chi connectivity index (χ1n) is 6.80. The Bertz CT molecular complexity index is 884. The van der Waals surface area contributed by atoms with Crippen molar-refractivity contribution in [2.24, 2.45) is 0 Å². The molecular formula is C16H14N4O. The largest absolute Gasteiger partial charge is 0.295 e. The van der Waals surface area contributed by atoms with E-state index in [0.717, 1.165) is 11.3 Å². The van der Waals surface area contributed by atoms with E-state index in [9.17, 15) is 4.79 Å². The van der Waals surface area contributed by atoms with Gasteiger partial charge in [0.1, 0.15) is 11.6 Å². The molecule has 0 aliphatic carbocycles. The molecule has 0 spiro atoms. The maximum Gasteiger partial charge on any atom is 0.276 e. The standard InChI is InChI=1S/C16H14N4O/c1-2-13-14(8-11-6-4-3-5-7-11)19-15-12(9-17)10-18-20(15)16(13)21/h3-7,10,18H,2,8H2,1H3. The molecule has 3 aromatic rings. The fourth-order valence-electron chi connectivity index (χ4n) is 2.47. The topological polar surface area (TPSA) is 73.9 Å². The summed E-state index contributed by atoms with van der Waals surface area (Å²) in [6.07, 6.45) is 2.71. The number of fused-ring (bicyclic) bond motifs is 1. The number of hydrogen-bond donors (Lipinski definition) is 1. The molecule has 0 saturated carbocycles. The summed E-state index contributed by atoms with van der Waals surface area (Å²) in [5.74, 6) is 0. The normalized spacial score (nSPS) is 10.7. The van der Waals surface area contributed by atoms with Gasteiger partial charge in [-0.05, 0) is 12.0 Å². The quantitative estimate of drug-likeness (QED) is 0.796. The van der Waals surface area contributed by atoms with Crippen molar-refractivity contribution in [3.05, 3.63) is 69.3 Å². The van der Waals surface area contributed by atoms with E-state index in [1.165, 1.54) is 10.7 Å². The van der Waals surface area contributed by atoms with Gasteiger partial charge in [0.15, 0.2) is 5.65 Å². The Balaban J connectivity index is 2.21. The Morgan fingerprint density at radius 1 is 1.33 bits per heavy atom. The molecule has 21 heavy (non-hydrogen) atoms. The summed E-state index contributed by atoms with van der Waals surface area (Å²) in [4.78, 5) is 17.0. The van der Waals surface area contributed by atoms with E-state index in [4.69, 9.17) is 5.26 Å². The molecule has 0 fully saturated rings. The second-order valence-corrected chi connectivity index (χ2v) is 4.82. The van der Waals surface area contributed by atoms with E-state index >= 15 is 0 Å². The highest BCUT2D eigenvalue weighted by atomic mass is 16.1. The lowest BCUT2D eigenvalue weighted by molar-refractivity contribution is 0.841. The van der Waals surface area contributed by atoms with E-state index in [-0.39, 0.29) is 5.56 Å². The van der Waals surface area contributed by atoms with Gasteiger partial charge in [0.2, 0.25) is 0 Å². The zero-order chi connectivity index (χ0) is 14.8. The molecule has 3 rings (SSSR count). The molecule has 2 aromatic heterocycles. The summed E-state index contributed by atoms with van der Waals surface area (Å²) in [6.45, 7) is 1.94. The number of nitrogens with one attached hydrogen (secondary N) is 1. The van der Waals surface area contributed by atoms with Gasteiger partial charge in [-0.3, -0.25) is 9.89 Å². The number of aromatic nitrogens is 3. The highest BCUT2D eigenvalue weighted by Gasteiger charge is 2.15. The Kier molecular flexibility index (Phi) is 3.28. The number of H-pyrrole nitrogens is 1. The van der Waals surface area contributed by atoms with Crippen LogP contribution in [0.2, 0.25) is 0 Å².